The maximum absolute atomic E-state index is 5.95. The van der Waals surface area contributed by atoms with Crippen LogP contribution in [-0.2, 0) is 0 Å². The van der Waals surface area contributed by atoms with Crippen molar-refractivity contribution in [3.05, 3.63) is 35.4 Å². The summed E-state index contributed by atoms with van der Waals surface area (Å²) in [7, 11) is 0. The normalized spacial score (nSPS) is 11.1. The van der Waals surface area contributed by atoms with Crippen molar-refractivity contribution in [2.75, 3.05) is 5.84 Å². The fraction of sp³-hybridized carbons (Fsp3) is 0.0909. The van der Waals surface area contributed by atoms with E-state index in [0.29, 0.717) is 16.0 Å². The Morgan fingerprint density at radius 3 is 2.84 bits per heavy atom. The predicted molar refractivity (Wildman–Crippen MR) is 73.6 cm³/mol. The molecule has 2 heterocycles. The number of hydrogen-bond donors (Lipinski definition) is 1. The summed E-state index contributed by atoms with van der Waals surface area (Å²) in [6.07, 6.45) is 1.49. The first-order chi connectivity index (χ1) is 9.15. The van der Waals surface area contributed by atoms with Crippen LogP contribution in [0.3, 0.4) is 0 Å². The Morgan fingerprint density at radius 2 is 2.11 bits per heavy atom. The monoisotopic (exact) mass is 292 g/mol. The van der Waals surface area contributed by atoms with Crippen LogP contribution in [-0.4, -0.2) is 24.8 Å². The third-order valence-electron chi connectivity index (χ3n) is 2.58. The van der Waals surface area contributed by atoms with Crippen molar-refractivity contribution < 1.29 is 0 Å². The van der Waals surface area contributed by atoms with Gasteiger partial charge in [-0.2, -0.15) is 0 Å². The van der Waals surface area contributed by atoms with Gasteiger partial charge < -0.3 is 5.84 Å². The van der Waals surface area contributed by atoms with E-state index >= 15 is 0 Å². The van der Waals surface area contributed by atoms with E-state index in [4.69, 9.17) is 17.4 Å². The number of aromatic nitrogens is 5. The number of nitrogens with two attached hydrogens (primary N) is 1. The Kier molecular flexibility index (Phi) is 3.00. The molecule has 8 heteroatoms. The van der Waals surface area contributed by atoms with Crippen LogP contribution < -0.4 is 5.84 Å². The third-order valence-corrected chi connectivity index (χ3v) is 3.80. The number of nitrogen functional groups attached to an aromatic ring is 1. The van der Waals surface area contributed by atoms with Gasteiger partial charge in [0.1, 0.15) is 17.2 Å². The molecule has 3 aromatic rings. The second-order valence-corrected chi connectivity index (χ2v) is 5.23. The fourth-order valence-electron chi connectivity index (χ4n) is 1.59. The molecule has 0 aliphatic carbocycles. The second-order valence-electron chi connectivity index (χ2n) is 3.84. The zero-order chi connectivity index (χ0) is 13.4. The Morgan fingerprint density at radius 1 is 1.26 bits per heavy atom. The van der Waals surface area contributed by atoms with Crippen LogP contribution >= 0.6 is 23.4 Å². The molecule has 0 saturated carbocycles. The largest absolute Gasteiger partial charge is 0.336 e. The van der Waals surface area contributed by atoms with Crippen molar-refractivity contribution in [2.24, 2.45) is 0 Å². The van der Waals surface area contributed by atoms with Crippen molar-refractivity contribution in [2.45, 2.75) is 17.1 Å². The van der Waals surface area contributed by atoms with Gasteiger partial charge in [-0.1, -0.05) is 11.6 Å². The molecule has 3 rings (SSSR count). The molecule has 0 atom stereocenters. The molecule has 0 fully saturated rings. The molecular formula is C11H9ClN6S. The summed E-state index contributed by atoms with van der Waals surface area (Å²) in [6.45, 7) is 1.79. The van der Waals surface area contributed by atoms with Crippen LogP contribution in [0.25, 0.3) is 10.9 Å². The van der Waals surface area contributed by atoms with E-state index in [2.05, 4.69) is 20.2 Å². The van der Waals surface area contributed by atoms with Gasteiger partial charge in [0.2, 0.25) is 5.16 Å². The Bertz CT molecular complexity index is 756. The van der Waals surface area contributed by atoms with E-state index in [-0.39, 0.29) is 0 Å². The third kappa shape index (κ3) is 2.22. The van der Waals surface area contributed by atoms with Gasteiger partial charge in [0, 0.05) is 10.4 Å². The lowest BCUT2D eigenvalue weighted by Crippen LogP contribution is -2.11. The molecule has 0 unspecified atom stereocenters. The fourth-order valence-corrected chi connectivity index (χ4v) is 2.63. The first-order valence-electron chi connectivity index (χ1n) is 5.40. The van der Waals surface area contributed by atoms with Gasteiger partial charge in [-0.3, -0.25) is 0 Å². The number of hydrogen-bond acceptors (Lipinski definition) is 6. The van der Waals surface area contributed by atoms with Crippen LogP contribution in [0.5, 0.6) is 0 Å². The number of rotatable bonds is 2. The minimum atomic E-state index is 0.576. The van der Waals surface area contributed by atoms with E-state index in [9.17, 15) is 0 Å². The summed E-state index contributed by atoms with van der Waals surface area (Å²) >= 11 is 7.29. The van der Waals surface area contributed by atoms with Crippen molar-refractivity contribution in [3.8, 4) is 0 Å². The maximum Gasteiger partial charge on any atom is 0.216 e. The second kappa shape index (κ2) is 4.67. The molecule has 19 heavy (non-hydrogen) atoms. The summed E-state index contributed by atoms with van der Waals surface area (Å²) in [5.41, 5.74) is 0.782. The summed E-state index contributed by atoms with van der Waals surface area (Å²) in [5.74, 6) is 6.47. The van der Waals surface area contributed by atoms with E-state index in [0.717, 1.165) is 15.9 Å². The average molecular weight is 293 g/mol. The molecule has 96 valence electrons. The molecule has 0 aliphatic rings. The Labute approximate surface area is 118 Å². The van der Waals surface area contributed by atoms with Gasteiger partial charge in [-0.15, -0.1) is 10.2 Å². The van der Waals surface area contributed by atoms with Crippen molar-refractivity contribution in [1.82, 2.24) is 24.8 Å². The molecule has 2 N–H and O–H groups in total. The molecule has 0 radical (unpaired) electrons. The first-order valence-corrected chi connectivity index (χ1v) is 6.60. The Balaban J connectivity index is 2.08. The number of fused-ring (bicyclic) bond motifs is 1. The lowest BCUT2D eigenvalue weighted by Gasteiger charge is -2.04. The molecule has 6 nitrogen and oxygen atoms in total. The lowest BCUT2D eigenvalue weighted by molar-refractivity contribution is 0.824. The van der Waals surface area contributed by atoms with Gasteiger partial charge in [0.15, 0.2) is 0 Å². The highest BCUT2D eigenvalue weighted by Gasteiger charge is 2.11. The summed E-state index contributed by atoms with van der Waals surface area (Å²) < 4.78 is 1.43. The summed E-state index contributed by atoms with van der Waals surface area (Å²) in [5, 5.41) is 10.8. The smallest absolute Gasteiger partial charge is 0.216 e. The Hall–Kier alpha value is -1.86. The van der Waals surface area contributed by atoms with E-state index < -0.39 is 0 Å². The van der Waals surface area contributed by atoms with Crippen molar-refractivity contribution in [1.29, 1.82) is 0 Å². The maximum atomic E-state index is 5.95. The number of aryl methyl sites for hydroxylation is 1. The van der Waals surface area contributed by atoms with E-state index in [1.54, 1.807) is 19.1 Å². The van der Waals surface area contributed by atoms with Gasteiger partial charge in [-0.05, 0) is 36.9 Å². The van der Waals surface area contributed by atoms with Gasteiger partial charge in [0.05, 0.1) is 5.52 Å². The number of nitrogens with zero attached hydrogens (tertiary/aromatic N) is 5. The molecule has 0 amide bonds. The van der Waals surface area contributed by atoms with Gasteiger partial charge >= 0.3 is 0 Å². The molecule has 0 saturated heterocycles. The molecular weight excluding hydrogens is 284 g/mol. The molecule has 0 bridgehead atoms. The molecule has 2 aromatic heterocycles. The standard InChI is InChI=1S/C11H9ClN6S/c1-6-16-17-11(18(6)13)19-10-8-3-2-7(12)4-9(8)14-5-15-10/h2-5H,13H2,1H3. The van der Waals surface area contributed by atoms with E-state index in [1.807, 2.05) is 6.07 Å². The van der Waals surface area contributed by atoms with E-state index in [1.165, 1.54) is 22.8 Å². The van der Waals surface area contributed by atoms with Crippen LogP contribution in [0, 0.1) is 6.92 Å². The quantitative estimate of drug-likeness (QED) is 0.575. The lowest BCUT2D eigenvalue weighted by atomic mass is 10.2. The summed E-state index contributed by atoms with van der Waals surface area (Å²) in [6, 6.07) is 5.47. The highest BCUT2D eigenvalue weighted by Crippen LogP contribution is 2.30. The topological polar surface area (TPSA) is 82.5 Å². The predicted octanol–water partition coefficient (Wildman–Crippen LogP) is 2.05. The highest BCUT2D eigenvalue weighted by molar-refractivity contribution is 7.99. The number of halogens is 1. The van der Waals surface area contributed by atoms with Crippen LogP contribution in [0.2, 0.25) is 5.02 Å². The van der Waals surface area contributed by atoms with Crippen LogP contribution in [0.1, 0.15) is 5.82 Å². The van der Waals surface area contributed by atoms with Crippen LogP contribution in [0.4, 0.5) is 0 Å². The molecule has 0 spiro atoms. The summed E-state index contributed by atoms with van der Waals surface area (Å²) in [4.78, 5) is 8.44. The van der Waals surface area contributed by atoms with Gasteiger partial charge in [-0.25, -0.2) is 14.6 Å². The minimum absolute atomic E-state index is 0.576. The highest BCUT2D eigenvalue weighted by atomic mass is 35.5. The zero-order valence-electron chi connectivity index (χ0n) is 9.91. The van der Waals surface area contributed by atoms with Crippen molar-refractivity contribution in [3.63, 3.8) is 0 Å². The van der Waals surface area contributed by atoms with Crippen molar-refractivity contribution >= 4 is 34.3 Å². The minimum Gasteiger partial charge on any atom is -0.336 e. The molecule has 0 aliphatic heterocycles. The van der Waals surface area contributed by atoms with Crippen LogP contribution in [0.15, 0.2) is 34.7 Å². The zero-order valence-corrected chi connectivity index (χ0v) is 11.5. The number of benzene rings is 1. The average Bonchev–Trinajstić information content (AvgIpc) is 2.71. The SMILES string of the molecule is Cc1nnc(Sc2ncnc3cc(Cl)ccc23)n1N. The van der Waals surface area contributed by atoms with Gasteiger partial charge in [0.25, 0.3) is 0 Å². The first kappa shape index (κ1) is 12.2. The molecule has 1 aromatic carbocycles.